The second-order valence-electron chi connectivity index (χ2n) is 12.5. The minimum atomic E-state index is -4.80. The van der Waals surface area contributed by atoms with Gasteiger partial charge in [-0.25, -0.2) is 13.4 Å². The Morgan fingerprint density at radius 3 is 2.48 bits per heavy atom. The summed E-state index contributed by atoms with van der Waals surface area (Å²) in [6, 6.07) is 8.70. The monoisotopic (exact) mass is 604 g/mol. The summed E-state index contributed by atoms with van der Waals surface area (Å²) in [7, 11) is -2.89. The first-order chi connectivity index (χ1) is 20.0. The lowest BCUT2D eigenvalue weighted by atomic mass is 9.48. The second-order valence-corrected chi connectivity index (χ2v) is 14.8. The van der Waals surface area contributed by atoms with Gasteiger partial charge >= 0.3 is 6.36 Å². The van der Waals surface area contributed by atoms with Crippen molar-refractivity contribution in [2.24, 2.45) is 23.2 Å². The van der Waals surface area contributed by atoms with Gasteiger partial charge < -0.3 is 20.7 Å². The second kappa shape index (κ2) is 11.2. The molecule has 1 saturated heterocycles. The average Bonchev–Trinajstić information content (AvgIpc) is 2.93. The molecule has 1 unspecified atom stereocenters. The van der Waals surface area contributed by atoms with Gasteiger partial charge in [0, 0.05) is 30.7 Å². The highest BCUT2D eigenvalue weighted by Crippen LogP contribution is 2.60. The summed E-state index contributed by atoms with van der Waals surface area (Å²) in [5, 5.41) is 19.9. The Morgan fingerprint density at radius 1 is 1.07 bits per heavy atom. The molecule has 3 N–H and O–H groups in total. The first-order valence-corrected chi connectivity index (χ1v) is 16.4. The zero-order valence-electron chi connectivity index (χ0n) is 23.2. The predicted octanol–water partition coefficient (Wildman–Crippen LogP) is 4.63. The van der Waals surface area contributed by atoms with Crippen molar-refractivity contribution < 1.29 is 26.3 Å². The fraction of sp³-hybridized carbons (Fsp3) is 0.621. The maximum absolute atomic E-state index is 12.8. The van der Waals surface area contributed by atoms with Crippen molar-refractivity contribution in [1.29, 1.82) is 5.26 Å². The average molecular weight is 605 g/mol. The van der Waals surface area contributed by atoms with Gasteiger partial charge in [-0.2, -0.15) is 10.2 Å². The first-order valence-electron chi connectivity index (χ1n) is 14.5. The molecule has 0 spiro atoms. The van der Waals surface area contributed by atoms with E-state index in [1.807, 2.05) is 0 Å². The molecule has 1 aromatic heterocycles. The number of benzene rings is 1. The van der Waals surface area contributed by atoms with E-state index >= 15 is 0 Å². The Morgan fingerprint density at radius 2 is 1.79 bits per heavy atom. The zero-order valence-corrected chi connectivity index (χ0v) is 24.0. The number of hydrogen-bond donors (Lipinski definition) is 3. The molecule has 4 bridgehead atoms. The molecule has 7 rings (SSSR count). The van der Waals surface area contributed by atoms with Crippen LogP contribution < -0.4 is 20.7 Å². The van der Waals surface area contributed by atoms with Crippen LogP contribution in [0.15, 0.2) is 30.5 Å². The summed E-state index contributed by atoms with van der Waals surface area (Å²) in [5.41, 5.74) is 0.700. The van der Waals surface area contributed by atoms with Gasteiger partial charge in [-0.15, -0.1) is 13.2 Å². The summed E-state index contributed by atoms with van der Waals surface area (Å²) in [6.45, 7) is 0.687. The van der Waals surface area contributed by atoms with E-state index in [0.29, 0.717) is 60.1 Å². The highest BCUT2D eigenvalue weighted by Gasteiger charge is 2.55. The van der Waals surface area contributed by atoms with Crippen molar-refractivity contribution in [2.45, 2.75) is 69.9 Å². The lowest BCUT2D eigenvalue weighted by Gasteiger charge is -2.61. The van der Waals surface area contributed by atoms with Crippen LogP contribution in [0.5, 0.6) is 5.75 Å². The molecular weight excluding hydrogens is 569 g/mol. The molecule has 9 nitrogen and oxygen atoms in total. The van der Waals surface area contributed by atoms with Gasteiger partial charge in [-0.05, 0) is 74.2 Å². The molecular formula is C29H35F3N6O3S. The molecule has 5 aliphatic rings. The number of halogens is 3. The van der Waals surface area contributed by atoms with Crippen LogP contribution in [0.4, 0.5) is 24.9 Å². The number of para-hydroxylation sites is 1. The molecule has 1 aromatic carbocycles. The molecule has 2 heterocycles. The number of sulfone groups is 1. The standard InChI is InChI=1S/C29H35F3N6O3S/c30-29(31,32)41-24-4-2-1-3-19(24)15-34-27-35-16-22(14-33)26(38-27)36-17-28-11-18-9-20(12-28)25(21(10-18)13-28)37-23-5-7-42(39,40)8-6-23/h1-4,16,18,20-21,23,25,37H,5-13,15,17H2,(H2,34,35,36,38)/t18?,20-,21+,25+,28-. The highest BCUT2D eigenvalue weighted by atomic mass is 32.2. The minimum Gasteiger partial charge on any atom is -0.405 e. The number of ether oxygens (including phenoxy) is 1. The first kappa shape index (κ1) is 29.0. The van der Waals surface area contributed by atoms with E-state index in [9.17, 15) is 26.9 Å². The van der Waals surface area contributed by atoms with Gasteiger partial charge in [0.05, 0.1) is 17.7 Å². The maximum Gasteiger partial charge on any atom is 0.573 e. The molecule has 1 aliphatic heterocycles. The van der Waals surface area contributed by atoms with Crippen LogP contribution in [-0.4, -0.2) is 54.9 Å². The summed E-state index contributed by atoms with van der Waals surface area (Å²) < 4.78 is 66.3. The maximum atomic E-state index is 12.8. The van der Waals surface area contributed by atoms with Crippen molar-refractivity contribution in [1.82, 2.24) is 15.3 Å². The molecule has 13 heteroatoms. The fourth-order valence-electron chi connectivity index (χ4n) is 8.01. The van der Waals surface area contributed by atoms with Crippen LogP contribution in [0.25, 0.3) is 0 Å². The molecule has 4 saturated carbocycles. The third-order valence-corrected chi connectivity index (χ3v) is 11.3. The number of nitrogens with zero attached hydrogens (tertiary/aromatic N) is 3. The minimum absolute atomic E-state index is 0.00782. The van der Waals surface area contributed by atoms with E-state index in [-0.39, 0.29) is 41.2 Å². The van der Waals surface area contributed by atoms with E-state index in [4.69, 9.17) is 0 Å². The number of alkyl halides is 3. The number of nitriles is 1. The van der Waals surface area contributed by atoms with Crippen LogP contribution in [0.2, 0.25) is 0 Å². The van der Waals surface area contributed by atoms with E-state index in [1.165, 1.54) is 37.2 Å². The number of nitrogens with one attached hydrogen (secondary N) is 3. The molecule has 5 atom stereocenters. The van der Waals surface area contributed by atoms with E-state index in [1.54, 1.807) is 6.07 Å². The van der Waals surface area contributed by atoms with Gasteiger partial charge in [0.15, 0.2) is 0 Å². The quantitative estimate of drug-likeness (QED) is 0.375. The number of hydrogen-bond acceptors (Lipinski definition) is 9. The highest BCUT2D eigenvalue weighted by molar-refractivity contribution is 7.91. The number of anilines is 2. The number of aromatic nitrogens is 2. The SMILES string of the molecule is N#Cc1cnc(NCc2ccccc2OC(F)(F)F)nc1NC[C@]12CC3C[C@H](C1)[C@H](NC1CCS(=O)(=O)CC1)[C@@H](C3)C2. The van der Waals surface area contributed by atoms with Gasteiger partial charge in [0.2, 0.25) is 5.95 Å². The van der Waals surface area contributed by atoms with Crippen LogP contribution in [0.1, 0.15) is 56.1 Å². The Hall–Kier alpha value is -3.11. The van der Waals surface area contributed by atoms with E-state index in [0.717, 1.165) is 19.3 Å². The van der Waals surface area contributed by atoms with Gasteiger partial charge in [0.25, 0.3) is 0 Å². The van der Waals surface area contributed by atoms with Crippen LogP contribution >= 0.6 is 0 Å². The molecule has 226 valence electrons. The fourth-order valence-corrected chi connectivity index (χ4v) is 9.50. The molecule has 5 fully saturated rings. The predicted molar refractivity (Wildman–Crippen MR) is 150 cm³/mol. The summed E-state index contributed by atoms with van der Waals surface area (Å²) >= 11 is 0. The van der Waals surface area contributed by atoms with Crippen molar-refractivity contribution in [2.75, 3.05) is 28.7 Å². The van der Waals surface area contributed by atoms with Gasteiger partial charge in [-0.1, -0.05) is 18.2 Å². The van der Waals surface area contributed by atoms with Crippen molar-refractivity contribution in [3.8, 4) is 11.8 Å². The van der Waals surface area contributed by atoms with E-state index in [2.05, 4.69) is 36.7 Å². The summed E-state index contributed by atoms with van der Waals surface area (Å²) in [5.74, 6) is 2.62. The third-order valence-electron chi connectivity index (χ3n) is 9.56. The Labute approximate surface area is 243 Å². The van der Waals surface area contributed by atoms with Gasteiger partial charge in [-0.3, -0.25) is 0 Å². The van der Waals surface area contributed by atoms with Crippen molar-refractivity contribution in [3.63, 3.8) is 0 Å². The Kier molecular flexibility index (Phi) is 7.72. The van der Waals surface area contributed by atoms with Gasteiger partial charge in [0.1, 0.15) is 33.0 Å². The Balaban J connectivity index is 1.10. The number of rotatable bonds is 9. The summed E-state index contributed by atoms with van der Waals surface area (Å²) in [6.07, 6.45) is 3.68. The lowest BCUT2D eigenvalue weighted by Crippen LogP contribution is -2.61. The molecule has 42 heavy (non-hydrogen) atoms. The normalized spacial score (nSPS) is 30.0. The zero-order chi connectivity index (χ0) is 29.5. The lowest BCUT2D eigenvalue weighted by molar-refractivity contribution is -0.274. The Bertz CT molecular complexity index is 1430. The summed E-state index contributed by atoms with van der Waals surface area (Å²) in [4.78, 5) is 8.69. The van der Waals surface area contributed by atoms with Crippen molar-refractivity contribution in [3.05, 3.63) is 41.6 Å². The largest absolute Gasteiger partial charge is 0.573 e. The van der Waals surface area contributed by atoms with E-state index < -0.39 is 16.2 Å². The molecule has 2 aromatic rings. The molecule has 0 radical (unpaired) electrons. The van der Waals surface area contributed by atoms with Crippen LogP contribution in [0.3, 0.4) is 0 Å². The topological polar surface area (TPSA) is 129 Å². The smallest absolute Gasteiger partial charge is 0.405 e. The molecule has 4 aliphatic carbocycles. The molecule has 0 amide bonds. The van der Waals surface area contributed by atoms with Crippen LogP contribution in [0, 0.1) is 34.5 Å². The van der Waals surface area contributed by atoms with Crippen LogP contribution in [-0.2, 0) is 16.4 Å². The van der Waals surface area contributed by atoms with Crippen molar-refractivity contribution >= 4 is 21.6 Å². The third kappa shape index (κ3) is 6.44.